The first-order valence-electron chi connectivity index (χ1n) is 8.52. The Morgan fingerprint density at radius 3 is 2.42 bits per heavy atom. The number of nitrogens with zero attached hydrogens (tertiary/aromatic N) is 1. The van der Waals surface area contributed by atoms with Gasteiger partial charge in [0.15, 0.2) is 6.10 Å². The van der Waals surface area contributed by atoms with E-state index >= 15 is 0 Å². The summed E-state index contributed by atoms with van der Waals surface area (Å²) in [6, 6.07) is 3.72. The fourth-order valence-electron chi connectivity index (χ4n) is 2.63. The lowest BCUT2D eigenvalue weighted by atomic mass is 9.90. The number of ether oxygens (including phenoxy) is 2. The molecule has 2 rings (SSSR count). The topological polar surface area (TPSA) is 168 Å². The van der Waals surface area contributed by atoms with Crippen molar-refractivity contribution in [3.63, 3.8) is 0 Å². The van der Waals surface area contributed by atoms with E-state index in [9.17, 15) is 32.7 Å². The van der Waals surface area contributed by atoms with Gasteiger partial charge in [-0.25, -0.2) is 19.1 Å². The minimum absolute atomic E-state index is 0.0930. The third kappa shape index (κ3) is 6.69. The Kier molecular flexibility index (Phi) is 8.44. The van der Waals surface area contributed by atoms with Crippen molar-refractivity contribution in [3.8, 4) is 0 Å². The molecule has 1 aliphatic rings. The van der Waals surface area contributed by atoms with E-state index in [-0.39, 0.29) is 24.0 Å². The van der Waals surface area contributed by atoms with Gasteiger partial charge in [0.25, 0.3) is 5.91 Å². The number of halogens is 2. The number of aliphatic hydroxyl groups is 1. The van der Waals surface area contributed by atoms with Crippen LogP contribution in [0.15, 0.2) is 30.3 Å². The number of alkyl carbamates (subject to hydrolysis) is 1. The number of nitrogens with one attached hydrogen (secondary N) is 2. The quantitative estimate of drug-likeness (QED) is 0.191. The summed E-state index contributed by atoms with van der Waals surface area (Å²) in [5.74, 6) is -2.47. The molecule has 3 unspecified atom stereocenters. The van der Waals surface area contributed by atoms with Gasteiger partial charge in [0.1, 0.15) is 25.3 Å². The minimum atomic E-state index is -4.58. The zero-order valence-electron chi connectivity index (χ0n) is 15.6. The molecule has 1 fully saturated rings. The summed E-state index contributed by atoms with van der Waals surface area (Å²) in [5.41, 5.74) is 0.646. The Labute approximate surface area is 185 Å². The van der Waals surface area contributed by atoms with Crippen molar-refractivity contribution in [2.75, 3.05) is 12.5 Å². The van der Waals surface area contributed by atoms with E-state index in [0.717, 1.165) is 0 Å². The molecule has 0 aromatic heterocycles. The summed E-state index contributed by atoms with van der Waals surface area (Å²) >= 11 is 5.39. The molecule has 0 spiro atoms. The van der Waals surface area contributed by atoms with Crippen LogP contribution in [0.2, 0.25) is 0 Å². The lowest BCUT2D eigenvalue weighted by molar-refractivity contribution is -0.166. The summed E-state index contributed by atoms with van der Waals surface area (Å²) in [5, 5.41) is 12.3. The highest BCUT2D eigenvalue weighted by atomic mass is 35.7. The maximum atomic E-state index is 12.3. The molecule has 15 heteroatoms. The second kappa shape index (κ2) is 10.6. The Balaban J connectivity index is 2.11. The number of esters is 1. The fraction of sp³-hybridized carbons (Fsp3) is 0.375. The predicted molar refractivity (Wildman–Crippen MR) is 105 cm³/mol. The highest BCUT2D eigenvalue weighted by molar-refractivity contribution is 8.12. The number of likely N-dealkylation sites (tertiary alicyclic amines) is 1. The molecule has 1 aromatic carbocycles. The van der Waals surface area contributed by atoms with Crippen molar-refractivity contribution in [1.82, 2.24) is 14.9 Å². The Bertz CT molecular complexity index is 945. The van der Waals surface area contributed by atoms with Crippen LogP contribution >= 0.6 is 22.3 Å². The lowest BCUT2D eigenvalue weighted by Crippen LogP contribution is -2.77. The van der Waals surface area contributed by atoms with Crippen LogP contribution in [0.25, 0.3) is 0 Å². The molecule has 4 amide bonds. The van der Waals surface area contributed by atoms with E-state index in [1.165, 1.54) is 4.72 Å². The standard InChI is InChI=1S/C16H17Cl2N3O9S/c17-6-7-29-14(24)12(22)11-10(13(23)21(11)15(25)20-31(18,27)28)19-16(26)30-8-9-4-2-1-3-5-9/h1-5,10-12,22H,6-8H2,(H,19,26)(H,20,25). The van der Waals surface area contributed by atoms with E-state index in [0.29, 0.717) is 5.56 Å². The summed E-state index contributed by atoms with van der Waals surface area (Å²) < 4.78 is 33.0. The van der Waals surface area contributed by atoms with E-state index < -0.39 is 51.4 Å². The summed E-state index contributed by atoms with van der Waals surface area (Å²) in [6.45, 7) is -0.426. The third-order valence-corrected chi connectivity index (χ3v) is 4.75. The normalized spacial score (nSPS) is 19.1. The number of carbonyl (C=O) groups excluding carboxylic acids is 4. The first kappa shape index (κ1) is 24.7. The van der Waals surface area contributed by atoms with Crippen molar-refractivity contribution < 1.29 is 42.2 Å². The SMILES string of the molecule is O=C(NC1C(=O)N(C(=O)NS(=O)(=O)Cl)C1C(O)C(=O)OCCCl)OCc1ccccc1. The number of β-lactam (4-membered cyclic amide) rings is 1. The van der Waals surface area contributed by atoms with Gasteiger partial charge in [-0.1, -0.05) is 30.3 Å². The third-order valence-electron chi connectivity index (χ3n) is 3.94. The number of aliphatic hydroxyl groups excluding tert-OH is 1. The van der Waals surface area contributed by atoms with Gasteiger partial charge < -0.3 is 19.9 Å². The molecule has 1 aromatic rings. The van der Waals surface area contributed by atoms with Crippen LogP contribution in [0.3, 0.4) is 0 Å². The molecule has 3 atom stereocenters. The monoisotopic (exact) mass is 497 g/mol. The molecule has 0 aliphatic carbocycles. The average molecular weight is 498 g/mol. The number of hydrogen-bond donors (Lipinski definition) is 3. The number of urea groups is 1. The predicted octanol–water partition coefficient (Wildman–Crippen LogP) is -0.172. The van der Waals surface area contributed by atoms with Gasteiger partial charge in [0, 0.05) is 10.7 Å². The zero-order valence-corrected chi connectivity index (χ0v) is 17.9. The van der Waals surface area contributed by atoms with Crippen LogP contribution in [0.4, 0.5) is 9.59 Å². The van der Waals surface area contributed by atoms with Gasteiger partial charge in [-0.2, -0.15) is 8.42 Å². The van der Waals surface area contributed by atoms with Crippen LogP contribution < -0.4 is 10.0 Å². The van der Waals surface area contributed by atoms with Crippen LogP contribution in [0.5, 0.6) is 0 Å². The van der Waals surface area contributed by atoms with Crippen molar-refractivity contribution in [2.24, 2.45) is 0 Å². The zero-order chi connectivity index (χ0) is 23.2. The van der Waals surface area contributed by atoms with Gasteiger partial charge in [-0.15, -0.1) is 11.6 Å². The Morgan fingerprint density at radius 1 is 1.19 bits per heavy atom. The highest BCUT2D eigenvalue weighted by Crippen LogP contribution is 2.25. The van der Waals surface area contributed by atoms with E-state index in [4.69, 9.17) is 27.0 Å². The molecule has 0 radical (unpaired) electrons. The van der Waals surface area contributed by atoms with Gasteiger partial charge >= 0.3 is 27.3 Å². The molecule has 3 N–H and O–H groups in total. The van der Waals surface area contributed by atoms with Crippen molar-refractivity contribution in [3.05, 3.63) is 35.9 Å². The largest absolute Gasteiger partial charge is 0.462 e. The summed E-state index contributed by atoms with van der Waals surface area (Å²) in [7, 11) is 0.343. The second-order valence-corrected chi connectivity index (χ2v) is 8.71. The van der Waals surface area contributed by atoms with Gasteiger partial charge in [-0.05, 0) is 5.56 Å². The molecule has 170 valence electrons. The van der Waals surface area contributed by atoms with E-state index in [1.54, 1.807) is 30.3 Å². The molecule has 0 saturated carbocycles. The number of amides is 4. The van der Waals surface area contributed by atoms with Gasteiger partial charge in [0.05, 0.1) is 5.88 Å². The number of rotatable bonds is 8. The summed E-state index contributed by atoms with van der Waals surface area (Å²) in [6.07, 6.45) is -3.21. The summed E-state index contributed by atoms with van der Waals surface area (Å²) in [4.78, 5) is 48.6. The Hall–Kier alpha value is -2.61. The molecule has 1 saturated heterocycles. The number of imide groups is 1. The van der Waals surface area contributed by atoms with Crippen molar-refractivity contribution >= 4 is 55.5 Å². The molecular weight excluding hydrogens is 481 g/mol. The number of benzene rings is 1. The molecular formula is C16H17Cl2N3O9S. The molecule has 1 aliphatic heterocycles. The van der Waals surface area contributed by atoms with Crippen LogP contribution in [-0.2, 0) is 34.9 Å². The average Bonchev–Trinajstić information content (AvgIpc) is 2.71. The van der Waals surface area contributed by atoms with Crippen LogP contribution in [0, 0.1) is 0 Å². The van der Waals surface area contributed by atoms with Crippen LogP contribution in [0.1, 0.15) is 5.56 Å². The Morgan fingerprint density at radius 2 is 1.84 bits per heavy atom. The van der Waals surface area contributed by atoms with Gasteiger partial charge in [-0.3, -0.25) is 9.69 Å². The first-order chi connectivity index (χ1) is 14.5. The number of alkyl halides is 1. The molecule has 12 nitrogen and oxygen atoms in total. The molecule has 1 heterocycles. The van der Waals surface area contributed by atoms with E-state index in [2.05, 4.69) is 10.1 Å². The first-order valence-corrected chi connectivity index (χ1v) is 11.4. The smallest absolute Gasteiger partial charge is 0.408 e. The number of hydrogen-bond acceptors (Lipinski definition) is 9. The second-order valence-electron chi connectivity index (χ2n) is 6.03. The van der Waals surface area contributed by atoms with E-state index in [1.807, 2.05) is 0 Å². The highest BCUT2D eigenvalue weighted by Gasteiger charge is 2.57. The van der Waals surface area contributed by atoms with Crippen molar-refractivity contribution in [2.45, 2.75) is 24.8 Å². The van der Waals surface area contributed by atoms with Gasteiger partial charge in [0.2, 0.25) is 0 Å². The maximum Gasteiger partial charge on any atom is 0.408 e. The maximum absolute atomic E-state index is 12.3. The molecule has 0 bridgehead atoms. The minimum Gasteiger partial charge on any atom is -0.462 e. The molecule has 31 heavy (non-hydrogen) atoms. The van der Waals surface area contributed by atoms with Crippen LogP contribution in [-0.4, -0.2) is 73.1 Å². The van der Waals surface area contributed by atoms with Crippen molar-refractivity contribution in [1.29, 1.82) is 0 Å². The number of carbonyl (C=O) groups is 4. The fourth-order valence-corrected chi connectivity index (χ4v) is 3.21. The lowest BCUT2D eigenvalue weighted by Gasteiger charge is -2.46.